The van der Waals surface area contributed by atoms with E-state index < -0.39 is 0 Å². The van der Waals surface area contributed by atoms with Crippen LogP contribution in [0.25, 0.3) is 0 Å². The summed E-state index contributed by atoms with van der Waals surface area (Å²) in [5, 5.41) is 9.80. The molecule has 0 heterocycles. The van der Waals surface area contributed by atoms with Crippen LogP contribution in [0.2, 0.25) is 0 Å². The monoisotopic (exact) mass is 309 g/mol. The minimum absolute atomic E-state index is 0.124. The molecule has 0 aliphatic heterocycles. The number of methoxy groups -OCH3 is 1. The lowest BCUT2D eigenvalue weighted by Crippen LogP contribution is -2.20. The normalized spacial score (nSPS) is 12.2. The van der Waals surface area contributed by atoms with Crippen molar-refractivity contribution >= 4 is 6.29 Å². The Labute approximate surface area is 132 Å². The predicted molar refractivity (Wildman–Crippen MR) is 87.1 cm³/mol. The molecule has 0 aliphatic carbocycles. The van der Waals surface area contributed by atoms with E-state index in [1.165, 1.54) is 13.2 Å². The van der Waals surface area contributed by atoms with Gasteiger partial charge in [0.05, 0.1) is 19.3 Å². The van der Waals surface area contributed by atoms with Crippen molar-refractivity contribution in [2.24, 2.45) is 5.92 Å². The maximum absolute atomic E-state index is 11.1. The van der Waals surface area contributed by atoms with E-state index in [9.17, 15) is 9.90 Å². The van der Waals surface area contributed by atoms with Crippen LogP contribution in [0.15, 0.2) is 12.1 Å². The molecule has 0 fully saturated rings. The highest BCUT2D eigenvalue weighted by molar-refractivity contribution is 5.84. The largest absolute Gasteiger partial charge is 0.507 e. The summed E-state index contributed by atoms with van der Waals surface area (Å²) in [6.07, 6.45) is 2.76. The zero-order valence-corrected chi connectivity index (χ0v) is 14.0. The molecule has 0 spiro atoms. The molecule has 0 radical (unpaired) electrons. The summed E-state index contributed by atoms with van der Waals surface area (Å²) in [6, 6.07) is 3.03. The van der Waals surface area contributed by atoms with E-state index in [0.717, 1.165) is 25.9 Å². The van der Waals surface area contributed by atoms with Gasteiger partial charge in [0.15, 0.2) is 6.29 Å². The average Bonchev–Trinajstić information content (AvgIpc) is 2.52. The summed E-state index contributed by atoms with van der Waals surface area (Å²) in [5.41, 5.74) is 0.165. The number of carbonyl (C=O) groups is 1. The smallest absolute Gasteiger partial charge is 0.157 e. The minimum atomic E-state index is -0.124. The van der Waals surface area contributed by atoms with Gasteiger partial charge in [-0.05, 0) is 38.9 Å². The Morgan fingerprint density at radius 1 is 1.41 bits per heavy atom. The molecule has 5 nitrogen and oxygen atoms in total. The van der Waals surface area contributed by atoms with Crippen LogP contribution in [-0.2, 0) is 0 Å². The molecular formula is C17H27NO4. The Bertz CT molecular complexity index is 476. The third-order valence-electron chi connectivity index (χ3n) is 3.75. The molecule has 1 atom stereocenters. The van der Waals surface area contributed by atoms with Gasteiger partial charge in [-0.1, -0.05) is 13.8 Å². The van der Waals surface area contributed by atoms with E-state index in [-0.39, 0.29) is 11.3 Å². The number of phenolic OH excluding ortho intramolecular Hbond substituents is 1. The van der Waals surface area contributed by atoms with Gasteiger partial charge in [-0.2, -0.15) is 0 Å². The van der Waals surface area contributed by atoms with Crippen molar-refractivity contribution < 1.29 is 19.4 Å². The third-order valence-corrected chi connectivity index (χ3v) is 3.75. The number of benzene rings is 1. The quantitative estimate of drug-likeness (QED) is 0.673. The molecule has 0 saturated carbocycles. The zero-order valence-electron chi connectivity index (χ0n) is 14.0. The van der Waals surface area contributed by atoms with Crippen LogP contribution in [0.3, 0.4) is 0 Å². The van der Waals surface area contributed by atoms with Crippen LogP contribution in [-0.4, -0.2) is 50.1 Å². The van der Waals surface area contributed by atoms with Crippen molar-refractivity contribution in [3.63, 3.8) is 0 Å². The number of phenols is 1. The van der Waals surface area contributed by atoms with Gasteiger partial charge in [-0.25, -0.2) is 0 Å². The van der Waals surface area contributed by atoms with Gasteiger partial charge in [-0.15, -0.1) is 0 Å². The highest BCUT2D eigenvalue weighted by Crippen LogP contribution is 2.32. The van der Waals surface area contributed by atoms with Crippen LogP contribution >= 0.6 is 0 Å². The van der Waals surface area contributed by atoms with E-state index in [2.05, 4.69) is 25.8 Å². The van der Waals surface area contributed by atoms with E-state index in [4.69, 9.17) is 9.47 Å². The van der Waals surface area contributed by atoms with Gasteiger partial charge < -0.3 is 19.5 Å². The van der Waals surface area contributed by atoms with Gasteiger partial charge in [-0.3, -0.25) is 4.79 Å². The molecule has 5 heteroatoms. The van der Waals surface area contributed by atoms with Crippen LogP contribution in [0.5, 0.6) is 17.2 Å². The first kappa shape index (κ1) is 18.3. The summed E-state index contributed by atoms with van der Waals surface area (Å²) in [6.45, 7) is 6.88. The van der Waals surface area contributed by atoms with Gasteiger partial charge in [0.25, 0.3) is 0 Å². The SMILES string of the molecule is CCN(C)CCCC(C)COc1cc(OC)cc(O)c1C=O. The molecule has 0 bridgehead atoms. The molecule has 1 aromatic rings. The Hall–Kier alpha value is -1.75. The number of aldehydes is 1. The molecule has 1 rings (SSSR count). The van der Waals surface area contributed by atoms with Gasteiger partial charge in [0.2, 0.25) is 0 Å². The topological polar surface area (TPSA) is 59.0 Å². The molecule has 0 saturated heterocycles. The highest BCUT2D eigenvalue weighted by atomic mass is 16.5. The van der Waals surface area contributed by atoms with Gasteiger partial charge in [0.1, 0.15) is 17.2 Å². The lowest BCUT2D eigenvalue weighted by molar-refractivity contribution is 0.111. The van der Waals surface area contributed by atoms with Gasteiger partial charge >= 0.3 is 0 Å². The lowest BCUT2D eigenvalue weighted by atomic mass is 10.1. The Kier molecular flexibility index (Phi) is 7.74. The summed E-state index contributed by atoms with van der Waals surface area (Å²) >= 11 is 0. The molecule has 1 unspecified atom stereocenters. The van der Waals surface area contributed by atoms with Crippen LogP contribution in [0, 0.1) is 5.92 Å². The van der Waals surface area contributed by atoms with Crippen molar-refractivity contribution in [1.29, 1.82) is 0 Å². The lowest BCUT2D eigenvalue weighted by Gasteiger charge is -2.17. The van der Waals surface area contributed by atoms with Crippen LogP contribution < -0.4 is 9.47 Å². The van der Waals surface area contributed by atoms with E-state index in [1.54, 1.807) is 6.07 Å². The van der Waals surface area contributed by atoms with Crippen LogP contribution in [0.4, 0.5) is 0 Å². The second kappa shape index (κ2) is 9.30. The summed E-state index contributed by atoms with van der Waals surface area (Å²) in [5.74, 6) is 1.08. The number of aromatic hydroxyl groups is 1. The fourth-order valence-electron chi connectivity index (χ4n) is 2.13. The molecule has 0 aromatic heterocycles. The van der Waals surface area contributed by atoms with Crippen molar-refractivity contribution in [3.05, 3.63) is 17.7 Å². The zero-order chi connectivity index (χ0) is 16.5. The van der Waals surface area contributed by atoms with E-state index in [0.29, 0.717) is 30.3 Å². The Balaban J connectivity index is 2.56. The number of carbonyl (C=O) groups excluding carboxylic acids is 1. The van der Waals surface area contributed by atoms with Crippen molar-refractivity contribution in [3.8, 4) is 17.2 Å². The number of nitrogens with zero attached hydrogens (tertiary/aromatic N) is 1. The minimum Gasteiger partial charge on any atom is -0.507 e. The van der Waals surface area contributed by atoms with Crippen LogP contribution in [0.1, 0.15) is 37.0 Å². The first-order valence-corrected chi connectivity index (χ1v) is 7.69. The van der Waals surface area contributed by atoms with Crippen molar-refractivity contribution in [2.45, 2.75) is 26.7 Å². The Morgan fingerprint density at radius 3 is 2.73 bits per heavy atom. The molecule has 22 heavy (non-hydrogen) atoms. The number of hydrogen-bond acceptors (Lipinski definition) is 5. The van der Waals surface area contributed by atoms with Crippen molar-refractivity contribution in [2.75, 3.05) is 33.9 Å². The first-order chi connectivity index (χ1) is 10.5. The maximum atomic E-state index is 11.1. The summed E-state index contributed by atoms with van der Waals surface area (Å²) in [4.78, 5) is 13.4. The highest BCUT2D eigenvalue weighted by Gasteiger charge is 2.13. The molecule has 1 N–H and O–H groups in total. The first-order valence-electron chi connectivity index (χ1n) is 7.69. The fraction of sp³-hybridized carbons (Fsp3) is 0.588. The Morgan fingerprint density at radius 2 is 2.14 bits per heavy atom. The molecule has 0 aliphatic rings. The average molecular weight is 309 g/mol. The number of rotatable bonds is 10. The molecule has 1 aromatic carbocycles. The van der Waals surface area contributed by atoms with E-state index in [1.807, 2.05) is 0 Å². The fourth-order valence-corrected chi connectivity index (χ4v) is 2.13. The second-order valence-electron chi connectivity index (χ2n) is 5.63. The number of ether oxygens (including phenoxy) is 2. The van der Waals surface area contributed by atoms with E-state index >= 15 is 0 Å². The maximum Gasteiger partial charge on any atom is 0.157 e. The molecule has 0 amide bonds. The predicted octanol–water partition coefficient (Wildman–Crippen LogP) is 2.96. The third kappa shape index (κ3) is 5.56. The molecule has 124 valence electrons. The summed E-state index contributed by atoms with van der Waals surface area (Å²) < 4.78 is 10.8. The second-order valence-corrected chi connectivity index (χ2v) is 5.63. The standard InChI is InChI=1S/C17H27NO4/c1-5-18(3)8-6-7-13(2)12-22-17-10-14(21-4)9-16(20)15(17)11-19/h9-11,13,20H,5-8,12H2,1-4H3. The van der Waals surface area contributed by atoms with Crippen molar-refractivity contribution in [1.82, 2.24) is 4.90 Å². The molecular weight excluding hydrogens is 282 g/mol. The van der Waals surface area contributed by atoms with Gasteiger partial charge in [0, 0.05) is 12.1 Å². The number of hydrogen-bond donors (Lipinski definition) is 1. The summed E-state index contributed by atoms with van der Waals surface area (Å²) in [7, 11) is 3.61.